The maximum absolute atomic E-state index is 11.0. The zero-order chi connectivity index (χ0) is 10.8. The quantitative estimate of drug-likeness (QED) is 0.811. The first kappa shape index (κ1) is 11.2. The lowest BCUT2D eigenvalue weighted by Crippen LogP contribution is -2.03. The average Bonchev–Trinajstić information content (AvgIpc) is 2.01. The van der Waals surface area contributed by atoms with Crippen molar-refractivity contribution in [1.29, 1.82) is 4.78 Å². The summed E-state index contributed by atoms with van der Waals surface area (Å²) in [6.45, 7) is 4.06. The van der Waals surface area contributed by atoms with Crippen molar-refractivity contribution >= 4 is 10.0 Å². The molecule has 78 valence electrons. The maximum atomic E-state index is 11.0. The zero-order valence-corrected chi connectivity index (χ0v) is 9.17. The van der Waals surface area contributed by atoms with Gasteiger partial charge >= 0.3 is 0 Å². The summed E-state index contributed by atoms with van der Waals surface area (Å²) >= 11 is 0. The molecule has 1 aromatic rings. The van der Waals surface area contributed by atoms with Crippen LogP contribution in [0.1, 0.15) is 30.9 Å². The molecular weight excluding hydrogens is 198 g/mol. The summed E-state index contributed by atoms with van der Waals surface area (Å²) in [6, 6.07) is 7.47. The molecule has 0 aliphatic heterocycles. The lowest BCUT2D eigenvalue weighted by Gasteiger charge is -2.11. The van der Waals surface area contributed by atoms with E-state index in [-0.39, 0.29) is 5.75 Å². The Morgan fingerprint density at radius 1 is 1.43 bits per heavy atom. The molecule has 0 saturated carbocycles. The molecule has 0 fully saturated rings. The van der Waals surface area contributed by atoms with Crippen molar-refractivity contribution in [2.45, 2.75) is 25.5 Å². The molecule has 1 unspecified atom stereocenters. The van der Waals surface area contributed by atoms with Gasteiger partial charge in [0.2, 0.25) is 0 Å². The van der Waals surface area contributed by atoms with E-state index in [1.807, 2.05) is 32.0 Å². The van der Waals surface area contributed by atoms with Crippen LogP contribution in [-0.2, 0) is 15.8 Å². The highest BCUT2D eigenvalue weighted by Gasteiger charge is 2.09. The number of rotatable bonds is 3. The standard InChI is InChI=1S/C10H15NO2S/c1-8(2)10-6-4-3-5-9(10)7-14(11,12)13/h3-6,8H,7H2,1-2H3,(H2,11,12,13). The molecule has 0 aliphatic carbocycles. The fraction of sp³-hybridized carbons (Fsp3) is 0.400. The molecule has 1 atom stereocenters. The number of hydrogen-bond acceptors (Lipinski definition) is 2. The molecule has 1 aromatic carbocycles. The molecule has 3 nitrogen and oxygen atoms in total. The molecule has 0 aliphatic rings. The van der Waals surface area contributed by atoms with Gasteiger partial charge in [0.25, 0.3) is 0 Å². The van der Waals surface area contributed by atoms with Crippen molar-refractivity contribution in [2.24, 2.45) is 0 Å². The lowest BCUT2D eigenvalue weighted by atomic mass is 9.98. The summed E-state index contributed by atoms with van der Waals surface area (Å²) in [7, 11) is -3.43. The summed E-state index contributed by atoms with van der Waals surface area (Å²) in [5.41, 5.74) is 1.84. The SMILES string of the molecule is CC(C)c1ccccc1CS(=N)(=O)O. The van der Waals surface area contributed by atoms with Gasteiger partial charge in [-0.3, -0.25) is 0 Å². The molecule has 1 rings (SSSR count). The van der Waals surface area contributed by atoms with Crippen molar-refractivity contribution in [3.05, 3.63) is 35.4 Å². The van der Waals surface area contributed by atoms with Gasteiger partial charge in [-0.2, -0.15) is 0 Å². The minimum Gasteiger partial charge on any atom is -0.300 e. The fourth-order valence-electron chi connectivity index (χ4n) is 1.44. The Hall–Kier alpha value is -0.870. The van der Waals surface area contributed by atoms with E-state index in [4.69, 9.17) is 9.33 Å². The smallest absolute Gasteiger partial charge is 0.162 e. The van der Waals surface area contributed by atoms with E-state index in [0.29, 0.717) is 5.92 Å². The third kappa shape index (κ3) is 3.12. The number of benzene rings is 1. The number of nitrogens with one attached hydrogen (secondary N) is 1. The fourth-order valence-corrected chi connectivity index (χ4v) is 2.12. The van der Waals surface area contributed by atoms with Crippen LogP contribution in [0.5, 0.6) is 0 Å². The predicted octanol–water partition coefficient (Wildman–Crippen LogP) is 2.83. The van der Waals surface area contributed by atoms with Crippen LogP contribution in [0.25, 0.3) is 0 Å². The first-order valence-corrected chi connectivity index (χ1v) is 6.15. The van der Waals surface area contributed by atoms with Crippen molar-refractivity contribution in [2.75, 3.05) is 0 Å². The topological polar surface area (TPSA) is 61.2 Å². The van der Waals surface area contributed by atoms with Gasteiger partial charge < -0.3 is 4.55 Å². The zero-order valence-electron chi connectivity index (χ0n) is 8.36. The van der Waals surface area contributed by atoms with E-state index < -0.39 is 10.0 Å². The van der Waals surface area contributed by atoms with Crippen molar-refractivity contribution < 1.29 is 8.76 Å². The van der Waals surface area contributed by atoms with E-state index in [1.165, 1.54) is 0 Å². The van der Waals surface area contributed by atoms with Gasteiger partial charge in [0.1, 0.15) is 0 Å². The molecule has 4 heteroatoms. The average molecular weight is 213 g/mol. The second kappa shape index (κ2) is 4.11. The monoisotopic (exact) mass is 213 g/mol. The molecule has 0 saturated heterocycles. The molecule has 2 N–H and O–H groups in total. The maximum Gasteiger partial charge on any atom is 0.162 e. The summed E-state index contributed by atoms with van der Waals surface area (Å²) < 4.78 is 26.9. The predicted molar refractivity (Wildman–Crippen MR) is 57.7 cm³/mol. The van der Waals surface area contributed by atoms with Crippen LogP contribution in [0.15, 0.2) is 24.3 Å². The van der Waals surface area contributed by atoms with Crippen LogP contribution >= 0.6 is 0 Å². The van der Waals surface area contributed by atoms with Crippen LogP contribution in [0.3, 0.4) is 0 Å². The van der Waals surface area contributed by atoms with Crippen molar-refractivity contribution in [3.63, 3.8) is 0 Å². The Balaban J connectivity index is 3.08. The molecule has 0 aromatic heterocycles. The molecular formula is C10H15NO2S. The normalized spacial score (nSPS) is 15.4. The first-order chi connectivity index (χ1) is 6.40. The third-order valence-corrected chi connectivity index (χ3v) is 2.73. The third-order valence-electron chi connectivity index (χ3n) is 2.03. The second-order valence-corrected chi connectivity index (χ2v) is 5.21. The van der Waals surface area contributed by atoms with Crippen LogP contribution < -0.4 is 0 Å². The van der Waals surface area contributed by atoms with Gasteiger partial charge in [0.05, 0.1) is 5.75 Å². The van der Waals surface area contributed by atoms with Gasteiger partial charge in [-0.15, -0.1) is 0 Å². The van der Waals surface area contributed by atoms with Crippen molar-refractivity contribution in [1.82, 2.24) is 0 Å². The highest BCUT2D eigenvalue weighted by Crippen LogP contribution is 2.20. The van der Waals surface area contributed by atoms with Gasteiger partial charge in [0.15, 0.2) is 10.0 Å². The highest BCUT2D eigenvalue weighted by atomic mass is 32.2. The first-order valence-electron chi connectivity index (χ1n) is 4.47. The number of hydrogen-bond donors (Lipinski definition) is 2. The summed E-state index contributed by atoms with van der Waals surface area (Å²) in [5, 5.41) is 0. The largest absolute Gasteiger partial charge is 0.300 e. The van der Waals surface area contributed by atoms with Crippen LogP contribution in [0.4, 0.5) is 0 Å². The van der Waals surface area contributed by atoms with E-state index in [2.05, 4.69) is 0 Å². The Bertz CT molecular complexity index is 410. The Labute approximate surface area is 85.0 Å². The Kier molecular flexibility index (Phi) is 3.29. The van der Waals surface area contributed by atoms with E-state index in [0.717, 1.165) is 11.1 Å². The molecule has 14 heavy (non-hydrogen) atoms. The minimum absolute atomic E-state index is 0.0820. The minimum atomic E-state index is -3.43. The van der Waals surface area contributed by atoms with Crippen molar-refractivity contribution in [3.8, 4) is 0 Å². The Morgan fingerprint density at radius 3 is 2.50 bits per heavy atom. The van der Waals surface area contributed by atoms with Gasteiger partial charge in [0, 0.05) is 0 Å². The molecule has 0 radical (unpaired) electrons. The molecule has 0 amide bonds. The van der Waals surface area contributed by atoms with E-state index >= 15 is 0 Å². The second-order valence-electron chi connectivity index (χ2n) is 3.64. The summed E-state index contributed by atoms with van der Waals surface area (Å²) in [4.78, 5) is 0. The summed E-state index contributed by atoms with van der Waals surface area (Å²) in [5.74, 6) is 0.231. The van der Waals surface area contributed by atoms with Crippen LogP contribution in [-0.4, -0.2) is 8.76 Å². The van der Waals surface area contributed by atoms with E-state index in [1.54, 1.807) is 6.07 Å². The Morgan fingerprint density at radius 2 is 2.00 bits per heavy atom. The van der Waals surface area contributed by atoms with Gasteiger partial charge in [-0.05, 0) is 17.0 Å². The van der Waals surface area contributed by atoms with Crippen LogP contribution in [0.2, 0.25) is 0 Å². The molecule has 0 bridgehead atoms. The van der Waals surface area contributed by atoms with Gasteiger partial charge in [-0.25, -0.2) is 8.99 Å². The van der Waals surface area contributed by atoms with Gasteiger partial charge in [-0.1, -0.05) is 38.1 Å². The highest BCUT2D eigenvalue weighted by molar-refractivity contribution is 7.86. The van der Waals surface area contributed by atoms with E-state index in [9.17, 15) is 4.21 Å². The lowest BCUT2D eigenvalue weighted by molar-refractivity contribution is 0.547. The summed E-state index contributed by atoms with van der Waals surface area (Å²) in [6.07, 6.45) is 0. The van der Waals surface area contributed by atoms with Crippen LogP contribution in [0, 0.1) is 4.78 Å². The molecule has 0 spiro atoms. The molecule has 0 heterocycles.